The normalized spacial score (nSPS) is 24.9. The van der Waals surface area contributed by atoms with Crippen LogP contribution in [-0.2, 0) is 4.79 Å². The van der Waals surface area contributed by atoms with Crippen molar-refractivity contribution in [3.8, 4) is 0 Å². The minimum Gasteiger partial charge on any atom is -0.327 e. The van der Waals surface area contributed by atoms with E-state index < -0.39 is 0 Å². The maximum atomic E-state index is 11.0. The van der Waals surface area contributed by atoms with Gasteiger partial charge in [-0.2, -0.15) is 0 Å². The first kappa shape index (κ1) is 12.4. The summed E-state index contributed by atoms with van der Waals surface area (Å²) in [7, 11) is 0. The van der Waals surface area contributed by atoms with Crippen LogP contribution in [0.15, 0.2) is 0 Å². The molecule has 0 aromatic heterocycles. The summed E-state index contributed by atoms with van der Waals surface area (Å²) in [5.41, 5.74) is 8.05. The average molecular weight is 214 g/mol. The number of amides is 1. The molecule has 5 nitrogen and oxygen atoms in total. The number of hydrogen-bond donors (Lipinski definition) is 3. The van der Waals surface area contributed by atoms with E-state index in [4.69, 9.17) is 11.6 Å². The molecule has 15 heavy (non-hydrogen) atoms. The van der Waals surface area contributed by atoms with E-state index in [9.17, 15) is 4.79 Å². The molecule has 1 aliphatic rings. The quantitative estimate of drug-likeness (QED) is 0.337. The van der Waals surface area contributed by atoms with Gasteiger partial charge in [-0.05, 0) is 32.7 Å². The van der Waals surface area contributed by atoms with Crippen LogP contribution >= 0.6 is 0 Å². The van der Waals surface area contributed by atoms with Gasteiger partial charge in [-0.25, -0.2) is 5.84 Å². The van der Waals surface area contributed by atoms with E-state index in [2.05, 4.69) is 17.2 Å². The summed E-state index contributed by atoms with van der Waals surface area (Å²) in [5, 5.41) is 0. The summed E-state index contributed by atoms with van der Waals surface area (Å²) in [4.78, 5) is 13.3. The number of likely N-dealkylation sites (tertiary alicyclic amines) is 1. The zero-order chi connectivity index (χ0) is 11.3. The summed E-state index contributed by atoms with van der Waals surface area (Å²) in [6.45, 7) is 4.19. The van der Waals surface area contributed by atoms with Crippen molar-refractivity contribution in [1.29, 1.82) is 0 Å². The van der Waals surface area contributed by atoms with Gasteiger partial charge >= 0.3 is 0 Å². The molecule has 0 spiro atoms. The predicted octanol–water partition coefficient (Wildman–Crippen LogP) is -0.432. The minimum atomic E-state index is -0.0943. The molecule has 2 unspecified atom stereocenters. The van der Waals surface area contributed by atoms with Crippen molar-refractivity contribution in [2.24, 2.45) is 11.6 Å². The van der Waals surface area contributed by atoms with Crippen molar-refractivity contribution < 1.29 is 4.79 Å². The fourth-order valence-electron chi connectivity index (χ4n) is 2.04. The Morgan fingerprint density at radius 1 is 1.67 bits per heavy atom. The van der Waals surface area contributed by atoms with Gasteiger partial charge in [0.1, 0.15) is 0 Å². The Morgan fingerprint density at radius 3 is 3.00 bits per heavy atom. The molecule has 2 atom stereocenters. The van der Waals surface area contributed by atoms with Crippen molar-refractivity contribution in [3.63, 3.8) is 0 Å². The van der Waals surface area contributed by atoms with Crippen LogP contribution in [0.4, 0.5) is 0 Å². The van der Waals surface area contributed by atoms with Gasteiger partial charge in [0.15, 0.2) is 0 Å². The highest BCUT2D eigenvalue weighted by atomic mass is 16.2. The molecule has 5 heteroatoms. The molecule has 1 aliphatic heterocycles. The number of nitrogens with zero attached hydrogens (tertiary/aromatic N) is 1. The summed E-state index contributed by atoms with van der Waals surface area (Å²) < 4.78 is 0. The highest BCUT2D eigenvalue weighted by molar-refractivity contribution is 5.75. The van der Waals surface area contributed by atoms with Crippen LogP contribution in [0.3, 0.4) is 0 Å². The monoisotopic (exact) mass is 214 g/mol. The number of hydrogen-bond acceptors (Lipinski definition) is 4. The first-order chi connectivity index (χ1) is 7.13. The third-order valence-electron chi connectivity index (χ3n) is 3.06. The van der Waals surface area contributed by atoms with Gasteiger partial charge in [0.05, 0.1) is 0 Å². The van der Waals surface area contributed by atoms with Crippen molar-refractivity contribution >= 4 is 5.91 Å². The molecule has 0 aliphatic carbocycles. The largest absolute Gasteiger partial charge is 0.327 e. The summed E-state index contributed by atoms with van der Waals surface area (Å²) >= 11 is 0. The Morgan fingerprint density at radius 2 is 2.40 bits per heavy atom. The van der Waals surface area contributed by atoms with Gasteiger partial charge in [0.25, 0.3) is 0 Å². The molecular weight excluding hydrogens is 192 g/mol. The molecule has 0 aromatic carbocycles. The van der Waals surface area contributed by atoms with Gasteiger partial charge in [-0.15, -0.1) is 0 Å². The van der Waals surface area contributed by atoms with Crippen LogP contribution in [0.1, 0.15) is 32.6 Å². The molecule has 1 fully saturated rings. The van der Waals surface area contributed by atoms with E-state index >= 15 is 0 Å². The lowest BCUT2D eigenvalue weighted by Gasteiger charge is -2.35. The number of nitrogens with one attached hydrogen (secondary N) is 1. The Bertz CT molecular complexity index is 210. The number of carbonyl (C=O) groups is 1. The van der Waals surface area contributed by atoms with Crippen LogP contribution in [0, 0.1) is 0 Å². The Balaban J connectivity index is 2.26. The zero-order valence-electron chi connectivity index (χ0n) is 9.41. The second kappa shape index (κ2) is 6.05. The number of carbonyl (C=O) groups excluding carboxylic acids is 1. The SMILES string of the molecule is CC(CCC(=O)NN)N1CCCC(N)C1. The van der Waals surface area contributed by atoms with Crippen LogP contribution in [0.25, 0.3) is 0 Å². The number of nitrogens with two attached hydrogens (primary N) is 2. The van der Waals surface area contributed by atoms with Crippen molar-refractivity contribution in [1.82, 2.24) is 10.3 Å². The second-order valence-corrected chi connectivity index (χ2v) is 4.35. The third-order valence-corrected chi connectivity index (χ3v) is 3.06. The van der Waals surface area contributed by atoms with Gasteiger partial charge in [0.2, 0.25) is 5.91 Å². The topological polar surface area (TPSA) is 84.4 Å². The number of rotatable bonds is 4. The molecule has 1 heterocycles. The molecule has 88 valence electrons. The first-order valence-corrected chi connectivity index (χ1v) is 5.62. The molecule has 0 aromatic rings. The maximum Gasteiger partial charge on any atom is 0.233 e. The van der Waals surface area contributed by atoms with Gasteiger partial charge in [-0.3, -0.25) is 15.1 Å². The molecular formula is C10H22N4O. The molecule has 1 rings (SSSR count). The maximum absolute atomic E-state index is 11.0. The number of hydrazine groups is 1. The van der Waals surface area contributed by atoms with Crippen molar-refractivity contribution in [3.05, 3.63) is 0 Å². The minimum absolute atomic E-state index is 0.0943. The Labute approximate surface area is 91.1 Å². The lowest BCUT2D eigenvalue weighted by molar-refractivity contribution is -0.121. The summed E-state index contributed by atoms with van der Waals surface area (Å²) in [5.74, 6) is 4.93. The predicted molar refractivity (Wildman–Crippen MR) is 59.8 cm³/mol. The standard InChI is InChI=1S/C10H22N4O/c1-8(4-5-10(15)13-12)14-6-2-3-9(11)7-14/h8-9H,2-7,11-12H2,1H3,(H,13,15). The highest BCUT2D eigenvalue weighted by Crippen LogP contribution is 2.14. The van der Waals surface area contributed by atoms with E-state index in [1.807, 2.05) is 0 Å². The van der Waals surface area contributed by atoms with Crippen LogP contribution in [0.5, 0.6) is 0 Å². The van der Waals surface area contributed by atoms with E-state index in [0.717, 1.165) is 32.4 Å². The third kappa shape index (κ3) is 4.15. The molecule has 1 amide bonds. The molecule has 1 saturated heterocycles. The van der Waals surface area contributed by atoms with Gasteiger partial charge in [0, 0.05) is 25.0 Å². The van der Waals surface area contributed by atoms with E-state index in [-0.39, 0.29) is 5.91 Å². The van der Waals surface area contributed by atoms with E-state index in [1.165, 1.54) is 0 Å². The fourth-order valence-corrected chi connectivity index (χ4v) is 2.04. The zero-order valence-corrected chi connectivity index (χ0v) is 9.41. The first-order valence-electron chi connectivity index (χ1n) is 5.62. The Hall–Kier alpha value is -0.650. The summed E-state index contributed by atoms with van der Waals surface area (Å²) in [6, 6.07) is 0.707. The van der Waals surface area contributed by atoms with Crippen LogP contribution in [0.2, 0.25) is 0 Å². The summed E-state index contributed by atoms with van der Waals surface area (Å²) in [6.07, 6.45) is 3.61. The average Bonchev–Trinajstić information content (AvgIpc) is 2.25. The molecule has 0 bridgehead atoms. The second-order valence-electron chi connectivity index (χ2n) is 4.35. The van der Waals surface area contributed by atoms with E-state index in [1.54, 1.807) is 0 Å². The fraction of sp³-hybridized carbons (Fsp3) is 0.900. The Kier molecular flexibility index (Phi) is 5.01. The van der Waals surface area contributed by atoms with Gasteiger partial charge < -0.3 is 5.73 Å². The van der Waals surface area contributed by atoms with Crippen LogP contribution in [-0.4, -0.2) is 36.0 Å². The molecule has 5 N–H and O–H groups in total. The lowest BCUT2D eigenvalue weighted by atomic mass is 10.0. The smallest absolute Gasteiger partial charge is 0.233 e. The van der Waals surface area contributed by atoms with Crippen molar-refractivity contribution in [2.75, 3.05) is 13.1 Å². The highest BCUT2D eigenvalue weighted by Gasteiger charge is 2.21. The lowest BCUT2D eigenvalue weighted by Crippen LogP contribution is -2.47. The molecule has 0 saturated carbocycles. The van der Waals surface area contributed by atoms with Crippen LogP contribution < -0.4 is 17.0 Å². The van der Waals surface area contributed by atoms with Crippen molar-refractivity contribution in [2.45, 2.75) is 44.7 Å². The molecule has 0 radical (unpaired) electrons. The van der Waals surface area contributed by atoms with Gasteiger partial charge in [-0.1, -0.05) is 0 Å². The van der Waals surface area contributed by atoms with E-state index in [0.29, 0.717) is 18.5 Å². The number of piperidine rings is 1.